The van der Waals surface area contributed by atoms with E-state index in [9.17, 15) is 13.5 Å². The number of nitrogens with one attached hydrogen (secondary N) is 2. The highest BCUT2D eigenvalue weighted by molar-refractivity contribution is 7.91. The van der Waals surface area contributed by atoms with Crippen LogP contribution in [0.2, 0.25) is 0 Å². The molecule has 32 heavy (non-hydrogen) atoms. The molecular formula is C20H29N5O4S3. The second-order valence-corrected chi connectivity index (χ2v) is 12.0. The van der Waals surface area contributed by atoms with E-state index in [0.29, 0.717) is 24.7 Å². The number of hydrogen-bond donors (Lipinski definition) is 3. The molecule has 3 heterocycles. The topological polar surface area (TPSA) is 121 Å². The number of aromatic hydroxyl groups is 1. The average molecular weight is 500 g/mol. The Bertz CT molecular complexity index is 1160. The Balaban J connectivity index is 1.88. The summed E-state index contributed by atoms with van der Waals surface area (Å²) in [4.78, 5) is 0. The van der Waals surface area contributed by atoms with Crippen LogP contribution in [0.15, 0.2) is 26.3 Å². The lowest BCUT2D eigenvalue weighted by Gasteiger charge is -2.30. The first kappa shape index (κ1) is 24.5. The lowest BCUT2D eigenvalue weighted by molar-refractivity contribution is 0.304. The van der Waals surface area contributed by atoms with Crippen molar-refractivity contribution in [3.05, 3.63) is 29.0 Å². The zero-order chi connectivity index (χ0) is 23.7. The van der Waals surface area contributed by atoms with Gasteiger partial charge in [0, 0.05) is 18.5 Å². The molecule has 0 saturated carbocycles. The highest BCUT2D eigenvalue weighted by Crippen LogP contribution is 2.42. The maximum atomic E-state index is 12.8. The fourth-order valence-corrected chi connectivity index (χ4v) is 6.54. The Kier molecular flexibility index (Phi) is 7.18. The molecule has 3 aromatic heterocycles. The van der Waals surface area contributed by atoms with Crippen molar-refractivity contribution in [1.29, 1.82) is 0 Å². The maximum absolute atomic E-state index is 12.8. The van der Waals surface area contributed by atoms with Crippen LogP contribution in [0.5, 0.6) is 5.75 Å². The number of aryl methyl sites for hydroxylation is 1. The fraction of sp³-hybridized carbons (Fsp3) is 0.500. The molecule has 0 bridgehead atoms. The molecule has 0 unspecified atom stereocenters. The van der Waals surface area contributed by atoms with Crippen LogP contribution in [0.1, 0.15) is 52.0 Å². The highest BCUT2D eigenvalue weighted by Gasteiger charge is 2.32. The fourth-order valence-electron chi connectivity index (χ4n) is 3.24. The first-order valence-corrected chi connectivity index (χ1v) is 13.3. The van der Waals surface area contributed by atoms with Crippen molar-refractivity contribution in [2.75, 3.05) is 23.7 Å². The summed E-state index contributed by atoms with van der Waals surface area (Å²) in [5, 5.41) is 18.6. The first-order valence-electron chi connectivity index (χ1n) is 10.2. The summed E-state index contributed by atoms with van der Waals surface area (Å²) >= 11 is 1.97. The Labute approximate surface area is 196 Å². The molecule has 3 rings (SSSR count). The van der Waals surface area contributed by atoms with Crippen molar-refractivity contribution in [2.24, 2.45) is 5.41 Å². The molecule has 0 aliphatic carbocycles. The van der Waals surface area contributed by atoms with Crippen LogP contribution in [0.4, 0.5) is 17.3 Å². The maximum Gasteiger partial charge on any atom is 0.256 e. The standard InChI is InChI=1S/C20H29N5O4S3/c1-7-25(8-2)32(27,28)19-15(26)13(11-30-19)21-17-18(24-31-23-17)22-16(20(4,5)6)14-9-12(3)10-29-14/h9-11,16,26H,7-8H2,1-6H3,(H,21,23)(H,22,24)/t16-/m0/s1. The van der Waals surface area contributed by atoms with Gasteiger partial charge in [-0.3, -0.25) is 0 Å². The summed E-state index contributed by atoms with van der Waals surface area (Å²) in [5.41, 5.74) is 1.09. The normalized spacial score (nSPS) is 13.5. The van der Waals surface area contributed by atoms with Gasteiger partial charge in [0.25, 0.3) is 10.0 Å². The lowest BCUT2D eigenvalue weighted by atomic mass is 9.85. The van der Waals surface area contributed by atoms with E-state index in [1.54, 1.807) is 25.5 Å². The molecule has 0 radical (unpaired) electrons. The third-order valence-electron chi connectivity index (χ3n) is 4.94. The second kappa shape index (κ2) is 9.38. The van der Waals surface area contributed by atoms with Crippen molar-refractivity contribution in [3.63, 3.8) is 0 Å². The number of hydrogen-bond acceptors (Lipinski definition) is 10. The number of nitrogens with zero attached hydrogens (tertiary/aromatic N) is 3. The van der Waals surface area contributed by atoms with E-state index in [1.807, 2.05) is 13.0 Å². The molecule has 0 aliphatic rings. The van der Waals surface area contributed by atoms with Gasteiger partial charge in [0.05, 0.1) is 29.7 Å². The van der Waals surface area contributed by atoms with Gasteiger partial charge in [-0.1, -0.05) is 34.6 Å². The van der Waals surface area contributed by atoms with Gasteiger partial charge in [-0.15, -0.1) is 11.3 Å². The number of furan rings is 1. The number of thiophene rings is 1. The minimum absolute atomic E-state index is 0.0972. The Morgan fingerprint density at radius 3 is 2.44 bits per heavy atom. The SMILES string of the molecule is CCN(CC)S(=O)(=O)c1scc(Nc2nsnc2N[C@@H](c2cc(C)co2)C(C)(C)C)c1O. The third-order valence-corrected chi connectivity index (χ3v) is 9.00. The molecule has 0 spiro atoms. The van der Waals surface area contributed by atoms with Crippen molar-refractivity contribution in [2.45, 2.75) is 51.8 Å². The number of rotatable bonds is 9. The van der Waals surface area contributed by atoms with E-state index in [4.69, 9.17) is 4.42 Å². The van der Waals surface area contributed by atoms with E-state index in [0.717, 1.165) is 34.4 Å². The van der Waals surface area contributed by atoms with E-state index >= 15 is 0 Å². The summed E-state index contributed by atoms with van der Waals surface area (Å²) in [5.74, 6) is 1.34. The van der Waals surface area contributed by atoms with E-state index < -0.39 is 10.0 Å². The average Bonchev–Trinajstić information content (AvgIpc) is 3.41. The van der Waals surface area contributed by atoms with Gasteiger partial charge in [0.2, 0.25) is 0 Å². The van der Waals surface area contributed by atoms with Gasteiger partial charge in [0.1, 0.15) is 5.76 Å². The van der Waals surface area contributed by atoms with Crippen LogP contribution in [0.25, 0.3) is 0 Å². The largest absolute Gasteiger partial charge is 0.504 e. The molecule has 9 nitrogen and oxygen atoms in total. The molecule has 0 saturated heterocycles. The number of aromatic nitrogens is 2. The van der Waals surface area contributed by atoms with Crippen molar-refractivity contribution in [1.82, 2.24) is 13.1 Å². The van der Waals surface area contributed by atoms with Crippen LogP contribution < -0.4 is 10.6 Å². The Morgan fingerprint density at radius 2 is 1.88 bits per heavy atom. The van der Waals surface area contributed by atoms with Crippen LogP contribution in [0, 0.1) is 12.3 Å². The Hall–Kier alpha value is -2.15. The van der Waals surface area contributed by atoms with Gasteiger partial charge >= 0.3 is 0 Å². The summed E-state index contributed by atoms with van der Waals surface area (Å²) in [7, 11) is -3.77. The summed E-state index contributed by atoms with van der Waals surface area (Å²) < 4.78 is 41.2. The zero-order valence-electron chi connectivity index (χ0n) is 19.0. The minimum Gasteiger partial charge on any atom is -0.504 e. The number of sulfonamides is 1. The monoisotopic (exact) mass is 499 g/mol. The van der Waals surface area contributed by atoms with E-state index in [2.05, 4.69) is 40.2 Å². The summed E-state index contributed by atoms with van der Waals surface area (Å²) in [6.45, 7) is 12.4. The molecule has 176 valence electrons. The van der Waals surface area contributed by atoms with E-state index in [-0.39, 0.29) is 27.1 Å². The molecule has 0 fully saturated rings. The molecule has 0 amide bonds. The van der Waals surface area contributed by atoms with Crippen LogP contribution in [0.3, 0.4) is 0 Å². The van der Waals surface area contributed by atoms with Crippen LogP contribution in [-0.2, 0) is 10.0 Å². The molecule has 0 aromatic carbocycles. The predicted molar refractivity (Wildman–Crippen MR) is 129 cm³/mol. The zero-order valence-corrected chi connectivity index (χ0v) is 21.4. The van der Waals surface area contributed by atoms with Gasteiger partial charge in [-0.2, -0.15) is 13.1 Å². The van der Waals surface area contributed by atoms with Crippen LogP contribution in [-0.4, -0.2) is 39.7 Å². The molecule has 0 aliphatic heterocycles. The van der Waals surface area contributed by atoms with Crippen LogP contribution >= 0.6 is 23.1 Å². The highest BCUT2D eigenvalue weighted by atomic mass is 32.2. The van der Waals surface area contributed by atoms with Crippen molar-refractivity contribution < 1.29 is 17.9 Å². The molecule has 12 heteroatoms. The first-order chi connectivity index (χ1) is 15.0. The molecular weight excluding hydrogens is 470 g/mol. The summed E-state index contributed by atoms with van der Waals surface area (Å²) in [6.07, 6.45) is 1.70. The molecule has 1 atom stereocenters. The van der Waals surface area contributed by atoms with Gasteiger partial charge in [-0.25, -0.2) is 8.42 Å². The predicted octanol–water partition coefficient (Wildman–Crippen LogP) is 5.18. The smallest absolute Gasteiger partial charge is 0.256 e. The number of anilines is 3. The minimum atomic E-state index is -3.77. The Morgan fingerprint density at radius 1 is 1.22 bits per heavy atom. The molecule has 3 N–H and O–H groups in total. The third kappa shape index (κ3) is 4.92. The van der Waals surface area contributed by atoms with Gasteiger partial charge < -0.3 is 20.2 Å². The quantitative estimate of drug-likeness (QED) is 0.368. The van der Waals surface area contributed by atoms with Crippen molar-refractivity contribution >= 4 is 50.4 Å². The van der Waals surface area contributed by atoms with Gasteiger partial charge in [0.15, 0.2) is 21.6 Å². The second-order valence-electron chi connectivity index (χ2n) is 8.43. The lowest BCUT2D eigenvalue weighted by Crippen LogP contribution is -2.30. The van der Waals surface area contributed by atoms with E-state index in [1.165, 1.54) is 4.31 Å². The summed E-state index contributed by atoms with van der Waals surface area (Å²) in [6, 6.07) is 1.79. The molecule has 3 aromatic rings. The van der Waals surface area contributed by atoms with Crippen molar-refractivity contribution in [3.8, 4) is 5.75 Å². The van der Waals surface area contributed by atoms with Gasteiger partial charge in [-0.05, 0) is 24.0 Å².